The molecule has 0 amide bonds. The Hall–Kier alpha value is -3.43. The summed E-state index contributed by atoms with van der Waals surface area (Å²) in [5.41, 5.74) is 7.16. The molecular formula is C20H15ClN6S2. The Kier molecular flexibility index (Phi) is 9.13. The fraction of sp³-hybridized carbons (Fsp3) is 0. The molecule has 2 heterocycles. The van der Waals surface area contributed by atoms with Crippen LogP contribution in [0.3, 0.4) is 0 Å². The zero-order valence-corrected chi connectivity index (χ0v) is 17.4. The van der Waals surface area contributed by atoms with Crippen molar-refractivity contribution in [1.82, 2.24) is 9.97 Å². The van der Waals surface area contributed by atoms with E-state index < -0.39 is 0 Å². The highest BCUT2D eigenvalue weighted by Gasteiger charge is 2.00. The third kappa shape index (κ3) is 8.41. The van der Waals surface area contributed by atoms with Crippen molar-refractivity contribution in [2.75, 3.05) is 11.1 Å². The van der Waals surface area contributed by atoms with Crippen molar-refractivity contribution in [3.63, 3.8) is 0 Å². The number of nitrogens with one attached hydrogen (secondary N) is 1. The first kappa shape index (κ1) is 21.9. The van der Waals surface area contributed by atoms with Crippen LogP contribution in [-0.4, -0.2) is 9.97 Å². The van der Waals surface area contributed by atoms with E-state index in [0.29, 0.717) is 14.2 Å². The second-order valence-corrected chi connectivity index (χ2v) is 7.78. The Morgan fingerprint density at radius 1 is 0.828 bits per heavy atom. The number of benzene rings is 2. The lowest BCUT2D eigenvalue weighted by Crippen LogP contribution is -1.87. The Bertz CT molecular complexity index is 1080. The average molecular weight is 439 g/mol. The number of anilines is 3. The fourth-order valence-electron chi connectivity index (χ4n) is 1.79. The van der Waals surface area contributed by atoms with Crippen molar-refractivity contribution < 1.29 is 0 Å². The number of para-hydroxylation sites is 2. The van der Waals surface area contributed by atoms with Crippen LogP contribution in [0.15, 0.2) is 73.1 Å². The van der Waals surface area contributed by atoms with Crippen LogP contribution in [0.1, 0.15) is 9.75 Å². The summed E-state index contributed by atoms with van der Waals surface area (Å²) in [6.07, 6.45) is 3.02. The molecule has 4 aromatic rings. The van der Waals surface area contributed by atoms with Crippen molar-refractivity contribution >= 4 is 50.8 Å². The van der Waals surface area contributed by atoms with Gasteiger partial charge in [0.25, 0.3) is 0 Å². The second kappa shape index (κ2) is 12.1. The average Bonchev–Trinajstić information content (AvgIpc) is 3.39. The quantitative estimate of drug-likeness (QED) is 0.388. The van der Waals surface area contributed by atoms with E-state index in [1.165, 1.54) is 28.9 Å². The normalized spacial score (nSPS) is 8.93. The van der Waals surface area contributed by atoms with E-state index in [2.05, 4.69) is 15.3 Å². The molecule has 9 heteroatoms. The molecular weight excluding hydrogens is 424 g/mol. The molecule has 29 heavy (non-hydrogen) atoms. The summed E-state index contributed by atoms with van der Waals surface area (Å²) in [5.74, 6) is 0. The number of nitrogen functional groups attached to an aromatic ring is 1. The Balaban J connectivity index is 0.000000170. The van der Waals surface area contributed by atoms with E-state index >= 15 is 0 Å². The molecule has 0 saturated heterocycles. The second-order valence-electron chi connectivity index (χ2n) is 5.13. The van der Waals surface area contributed by atoms with Gasteiger partial charge in [-0.2, -0.15) is 10.5 Å². The van der Waals surface area contributed by atoms with Crippen LogP contribution < -0.4 is 11.1 Å². The monoisotopic (exact) mass is 438 g/mol. The van der Waals surface area contributed by atoms with E-state index in [-0.39, 0.29) is 0 Å². The first-order valence-electron chi connectivity index (χ1n) is 8.10. The van der Waals surface area contributed by atoms with Gasteiger partial charge in [0, 0.05) is 11.4 Å². The van der Waals surface area contributed by atoms with Gasteiger partial charge in [-0.1, -0.05) is 70.7 Å². The molecule has 0 spiro atoms. The Morgan fingerprint density at radius 3 is 1.79 bits per heavy atom. The third-order valence-corrected chi connectivity index (χ3v) is 4.87. The zero-order chi connectivity index (χ0) is 20.9. The number of hydrogen-bond donors (Lipinski definition) is 2. The molecule has 0 saturated carbocycles. The SMILES string of the molecule is N#Cc1cnc(Cl)s1.N#Cc1cnc(Nc2ccccc2)s1.Nc1ccccc1. The summed E-state index contributed by atoms with van der Waals surface area (Å²) < 4.78 is 0.418. The molecule has 0 radical (unpaired) electrons. The largest absolute Gasteiger partial charge is 0.399 e. The standard InChI is InChI=1S/C10H7N3S.C6H7N.C4HClN2S/c11-6-9-7-12-10(14-9)13-8-4-2-1-3-5-8;7-6-4-2-1-3-5-6;5-4-7-2-3(1-6)8-4/h1-5,7H,(H,12,13);1-5H,7H2;2H. The maximum Gasteiger partial charge on any atom is 0.188 e. The van der Waals surface area contributed by atoms with Gasteiger partial charge in [-0.3, -0.25) is 0 Å². The predicted molar refractivity (Wildman–Crippen MR) is 119 cm³/mol. The molecule has 3 N–H and O–H groups in total. The minimum absolute atomic E-state index is 0.418. The number of nitriles is 2. The van der Waals surface area contributed by atoms with Crippen LogP contribution in [-0.2, 0) is 0 Å². The van der Waals surface area contributed by atoms with Gasteiger partial charge in [0.2, 0.25) is 0 Å². The van der Waals surface area contributed by atoms with Gasteiger partial charge >= 0.3 is 0 Å². The molecule has 0 unspecified atom stereocenters. The van der Waals surface area contributed by atoms with Crippen LogP contribution in [0.25, 0.3) is 0 Å². The minimum Gasteiger partial charge on any atom is -0.399 e. The summed E-state index contributed by atoms with van der Waals surface area (Å²) in [6.45, 7) is 0. The van der Waals surface area contributed by atoms with Crippen molar-refractivity contribution in [3.8, 4) is 12.1 Å². The summed E-state index contributed by atoms with van der Waals surface area (Å²) in [7, 11) is 0. The highest BCUT2D eigenvalue weighted by Crippen LogP contribution is 2.21. The lowest BCUT2D eigenvalue weighted by atomic mass is 10.3. The molecule has 0 bridgehead atoms. The van der Waals surface area contributed by atoms with E-state index in [0.717, 1.165) is 16.5 Å². The maximum atomic E-state index is 8.61. The molecule has 0 aliphatic carbocycles. The topological polar surface area (TPSA) is 111 Å². The van der Waals surface area contributed by atoms with Crippen LogP contribution >= 0.6 is 34.3 Å². The number of thiazole rings is 2. The third-order valence-electron chi connectivity index (χ3n) is 3.03. The van der Waals surface area contributed by atoms with Crippen molar-refractivity contribution in [2.45, 2.75) is 0 Å². The van der Waals surface area contributed by atoms with Gasteiger partial charge in [0.1, 0.15) is 21.9 Å². The number of aromatic nitrogens is 2. The molecule has 4 rings (SSSR count). The number of halogens is 1. The first-order valence-corrected chi connectivity index (χ1v) is 10.1. The molecule has 144 valence electrons. The summed E-state index contributed by atoms with van der Waals surface area (Å²) in [5, 5.41) is 20.7. The molecule has 0 aliphatic heterocycles. The molecule has 0 fully saturated rings. The number of rotatable bonds is 2. The van der Waals surface area contributed by atoms with Crippen molar-refractivity contribution in [1.29, 1.82) is 10.5 Å². The van der Waals surface area contributed by atoms with Gasteiger partial charge in [-0.25, -0.2) is 9.97 Å². The van der Waals surface area contributed by atoms with Gasteiger partial charge in [0.15, 0.2) is 9.60 Å². The summed E-state index contributed by atoms with van der Waals surface area (Å²) in [6, 6.07) is 23.2. The van der Waals surface area contributed by atoms with Crippen molar-refractivity contribution in [3.05, 3.63) is 87.3 Å². The van der Waals surface area contributed by atoms with Crippen LogP contribution in [0.2, 0.25) is 4.47 Å². The smallest absolute Gasteiger partial charge is 0.188 e. The lowest BCUT2D eigenvalue weighted by molar-refractivity contribution is 1.38. The van der Waals surface area contributed by atoms with Crippen LogP contribution in [0, 0.1) is 22.7 Å². The number of nitrogens with zero attached hydrogens (tertiary/aromatic N) is 4. The maximum absolute atomic E-state index is 8.61. The summed E-state index contributed by atoms with van der Waals surface area (Å²) >= 11 is 7.92. The molecule has 0 aliphatic rings. The Morgan fingerprint density at radius 2 is 1.38 bits per heavy atom. The fourth-order valence-corrected chi connectivity index (χ4v) is 3.16. The van der Waals surface area contributed by atoms with E-state index in [1.54, 1.807) is 6.20 Å². The van der Waals surface area contributed by atoms with E-state index in [4.69, 9.17) is 27.9 Å². The molecule has 2 aromatic carbocycles. The number of nitrogens with two attached hydrogens (primary N) is 1. The first-order chi connectivity index (χ1) is 14.1. The Labute approximate surface area is 181 Å². The minimum atomic E-state index is 0.418. The van der Waals surface area contributed by atoms with Gasteiger partial charge in [-0.05, 0) is 24.3 Å². The molecule has 0 atom stereocenters. The predicted octanol–water partition coefficient (Wildman–Crippen LogP) is 5.70. The van der Waals surface area contributed by atoms with Gasteiger partial charge in [-0.15, -0.1) is 0 Å². The van der Waals surface area contributed by atoms with Crippen LogP contribution in [0.5, 0.6) is 0 Å². The highest BCUT2D eigenvalue weighted by atomic mass is 35.5. The van der Waals surface area contributed by atoms with Crippen molar-refractivity contribution in [2.24, 2.45) is 0 Å². The van der Waals surface area contributed by atoms with Gasteiger partial charge < -0.3 is 11.1 Å². The molecule has 6 nitrogen and oxygen atoms in total. The number of hydrogen-bond acceptors (Lipinski definition) is 8. The molecule has 2 aromatic heterocycles. The van der Waals surface area contributed by atoms with Gasteiger partial charge in [0.05, 0.1) is 12.4 Å². The zero-order valence-electron chi connectivity index (χ0n) is 15.0. The summed E-state index contributed by atoms with van der Waals surface area (Å²) in [4.78, 5) is 8.88. The van der Waals surface area contributed by atoms with E-state index in [1.807, 2.05) is 72.8 Å². The highest BCUT2D eigenvalue weighted by molar-refractivity contribution is 7.16. The van der Waals surface area contributed by atoms with E-state index in [9.17, 15) is 0 Å². The lowest BCUT2D eigenvalue weighted by Gasteiger charge is -1.99. The van der Waals surface area contributed by atoms with Crippen LogP contribution in [0.4, 0.5) is 16.5 Å².